The average Bonchev–Trinajstić information content (AvgIpc) is 3.57. The van der Waals surface area contributed by atoms with Crippen molar-refractivity contribution in [1.82, 2.24) is 19.7 Å². The van der Waals surface area contributed by atoms with Crippen LogP contribution in [0, 0.1) is 0 Å². The molecule has 2 aromatic heterocycles. The highest BCUT2D eigenvalue weighted by Gasteiger charge is 2.31. The van der Waals surface area contributed by atoms with E-state index in [4.69, 9.17) is 13.9 Å². The molecule has 0 unspecified atom stereocenters. The van der Waals surface area contributed by atoms with Crippen molar-refractivity contribution in [1.29, 1.82) is 0 Å². The Morgan fingerprint density at radius 2 is 2.06 bits per heavy atom. The molecule has 0 N–H and O–H groups in total. The predicted octanol–water partition coefficient (Wildman–Crippen LogP) is 3.79. The van der Waals surface area contributed by atoms with Crippen molar-refractivity contribution in [2.75, 3.05) is 25.5 Å². The second kappa shape index (κ2) is 8.66. The quantitative estimate of drug-likeness (QED) is 0.540. The SMILES string of the molecule is CCn1c(SCC(=O)N2CCC[C@H]2c2ccc3c(c2)OCCO3)nnc1-c1ccco1. The van der Waals surface area contributed by atoms with E-state index in [1.807, 2.05) is 46.7 Å². The lowest BCUT2D eigenvalue weighted by Gasteiger charge is -2.26. The molecule has 2 aliphatic heterocycles. The number of amides is 1. The zero-order valence-electron chi connectivity index (χ0n) is 17.3. The molecule has 0 saturated carbocycles. The van der Waals surface area contributed by atoms with Gasteiger partial charge < -0.3 is 18.8 Å². The summed E-state index contributed by atoms with van der Waals surface area (Å²) in [7, 11) is 0. The molecule has 162 valence electrons. The monoisotopic (exact) mass is 440 g/mol. The number of hydrogen-bond donors (Lipinski definition) is 0. The first-order valence-corrected chi connectivity index (χ1v) is 11.5. The van der Waals surface area contributed by atoms with Gasteiger partial charge in [-0.25, -0.2) is 0 Å². The van der Waals surface area contributed by atoms with E-state index in [-0.39, 0.29) is 11.9 Å². The van der Waals surface area contributed by atoms with Gasteiger partial charge in [0.1, 0.15) is 13.2 Å². The van der Waals surface area contributed by atoms with E-state index in [1.54, 1.807) is 6.26 Å². The van der Waals surface area contributed by atoms with Gasteiger partial charge in [-0.2, -0.15) is 0 Å². The number of carbonyl (C=O) groups excluding carboxylic acids is 1. The summed E-state index contributed by atoms with van der Waals surface area (Å²) in [5, 5.41) is 9.26. The number of furan rings is 1. The Morgan fingerprint density at radius 3 is 2.87 bits per heavy atom. The smallest absolute Gasteiger partial charge is 0.233 e. The van der Waals surface area contributed by atoms with Crippen LogP contribution >= 0.6 is 11.8 Å². The predicted molar refractivity (Wildman–Crippen MR) is 115 cm³/mol. The molecule has 0 bridgehead atoms. The molecule has 8 nitrogen and oxygen atoms in total. The number of likely N-dealkylation sites (tertiary alicyclic amines) is 1. The maximum atomic E-state index is 13.1. The molecule has 0 radical (unpaired) electrons. The fourth-order valence-corrected chi connectivity index (χ4v) is 5.05. The molecule has 31 heavy (non-hydrogen) atoms. The van der Waals surface area contributed by atoms with Crippen LogP contribution in [0.4, 0.5) is 0 Å². The second-order valence-electron chi connectivity index (χ2n) is 7.46. The maximum Gasteiger partial charge on any atom is 0.233 e. The summed E-state index contributed by atoms with van der Waals surface area (Å²) in [5.41, 5.74) is 1.09. The van der Waals surface area contributed by atoms with Crippen LogP contribution in [0.5, 0.6) is 11.5 Å². The molecule has 5 rings (SSSR count). The van der Waals surface area contributed by atoms with E-state index >= 15 is 0 Å². The highest BCUT2D eigenvalue weighted by molar-refractivity contribution is 7.99. The van der Waals surface area contributed by atoms with Crippen molar-refractivity contribution < 1.29 is 18.7 Å². The van der Waals surface area contributed by atoms with Gasteiger partial charge in [-0.1, -0.05) is 17.8 Å². The van der Waals surface area contributed by atoms with Gasteiger partial charge in [0.05, 0.1) is 18.1 Å². The third-order valence-electron chi connectivity index (χ3n) is 5.62. The topological polar surface area (TPSA) is 82.6 Å². The lowest BCUT2D eigenvalue weighted by Crippen LogP contribution is -2.32. The van der Waals surface area contributed by atoms with Crippen LogP contribution < -0.4 is 9.47 Å². The van der Waals surface area contributed by atoms with Gasteiger partial charge in [0.25, 0.3) is 0 Å². The van der Waals surface area contributed by atoms with Crippen LogP contribution in [0.15, 0.2) is 46.2 Å². The molecule has 0 spiro atoms. The van der Waals surface area contributed by atoms with Crippen molar-refractivity contribution in [3.8, 4) is 23.1 Å². The summed E-state index contributed by atoms with van der Waals surface area (Å²) >= 11 is 1.42. The van der Waals surface area contributed by atoms with Crippen LogP contribution in [0.3, 0.4) is 0 Å². The van der Waals surface area contributed by atoms with Crippen LogP contribution in [0.2, 0.25) is 0 Å². The summed E-state index contributed by atoms with van der Waals surface area (Å²) in [4.78, 5) is 15.1. The van der Waals surface area contributed by atoms with Crippen molar-refractivity contribution in [3.63, 3.8) is 0 Å². The van der Waals surface area contributed by atoms with Crippen LogP contribution in [-0.2, 0) is 11.3 Å². The molecule has 1 atom stereocenters. The second-order valence-corrected chi connectivity index (χ2v) is 8.41. The molecule has 0 aliphatic carbocycles. The van der Waals surface area contributed by atoms with Crippen molar-refractivity contribution in [2.24, 2.45) is 0 Å². The highest BCUT2D eigenvalue weighted by Crippen LogP contribution is 2.38. The molecular formula is C22H24N4O4S. The highest BCUT2D eigenvalue weighted by atomic mass is 32.2. The number of aromatic nitrogens is 3. The summed E-state index contributed by atoms with van der Waals surface area (Å²) in [5.74, 6) is 3.31. The van der Waals surface area contributed by atoms with Crippen molar-refractivity contribution in [3.05, 3.63) is 42.2 Å². The van der Waals surface area contributed by atoms with E-state index < -0.39 is 0 Å². The van der Waals surface area contributed by atoms with Gasteiger partial charge in [-0.05, 0) is 49.6 Å². The molecule has 2 aliphatic rings. The molecule has 1 amide bonds. The minimum Gasteiger partial charge on any atom is -0.486 e. The summed E-state index contributed by atoms with van der Waals surface area (Å²) in [6.45, 7) is 4.61. The van der Waals surface area contributed by atoms with Gasteiger partial charge in [-0.15, -0.1) is 10.2 Å². The van der Waals surface area contributed by atoms with Gasteiger partial charge in [-0.3, -0.25) is 9.36 Å². The van der Waals surface area contributed by atoms with Crippen LogP contribution in [-0.4, -0.2) is 51.1 Å². The van der Waals surface area contributed by atoms with Gasteiger partial charge in [0.2, 0.25) is 5.91 Å². The number of benzene rings is 1. The molecule has 9 heteroatoms. The standard InChI is InChI=1S/C22H24N4O4S/c1-2-25-21(18-6-4-10-28-18)23-24-22(25)31-14-20(27)26-9-3-5-16(26)15-7-8-17-19(13-15)30-12-11-29-17/h4,6-8,10,13,16H,2-3,5,9,11-12,14H2,1H3/t16-/m0/s1. The normalized spacial score (nSPS) is 17.8. The zero-order chi connectivity index (χ0) is 21.2. The number of carbonyl (C=O) groups is 1. The Labute approximate surface area is 184 Å². The first-order valence-electron chi connectivity index (χ1n) is 10.5. The molecular weight excluding hydrogens is 416 g/mol. The zero-order valence-corrected chi connectivity index (χ0v) is 18.1. The summed E-state index contributed by atoms with van der Waals surface area (Å²) < 4.78 is 18.8. The van der Waals surface area contributed by atoms with E-state index in [0.717, 1.165) is 41.6 Å². The fourth-order valence-electron chi connectivity index (χ4n) is 4.16. The van der Waals surface area contributed by atoms with E-state index in [2.05, 4.69) is 10.2 Å². The third-order valence-corrected chi connectivity index (χ3v) is 6.58. The van der Waals surface area contributed by atoms with Crippen molar-refractivity contribution in [2.45, 2.75) is 37.5 Å². The number of rotatable bonds is 6. The average molecular weight is 441 g/mol. The van der Waals surface area contributed by atoms with Crippen molar-refractivity contribution >= 4 is 17.7 Å². The number of hydrogen-bond acceptors (Lipinski definition) is 7. The van der Waals surface area contributed by atoms with Gasteiger partial charge >= 0.3 is 0 Å². The number of thioether (sulfide) groups is 1. The summed E-state index contributed by atoms with van der Waals surface area (Å²) in [6, 6.07) is 9.75. The van der Waals surface area contributed by atoms with Gasteiger partial charge in [0.15, 0.2) is 28.2 Å². The first-order chi connectivity index (χ1) is 15.2. The minimum absolute atomic E-state index is 0.0617. The Morgan fingerprint density at radius 1 is 1.19 bits per heavy atom. The first kappa shape index (κ1) is 20.0. The van der Waals surface area contributed by atoms with Gasteiger partial charge in [0, 0.05) is 13.1 Å². The molecule has 1 saturated heterocycles. The lowest BCUT2D eigenvalue weighted by molar-refractivity contribution is -0.129. The molecule has 1 fully saturated rings. The number of nitrogens with zero attached hydrogens (tertiary/aromatic N) is 4. The van der Waals surface area contributed by atoms with E-state index in [9.17, 15) is 4.79 Å². The Kier molecular flexibility index (Phi) is 5.59. The Bertz CT molecular complexity index is 1070. The van der Waals surface area contributed by atoms with Crippen LogP contribution in [0.25, 0.3) is 11.6 Å². The third kappa shape index (κ3) is 3.89. The maximum absolute atomic E-state index is 13.1. The minimum atomic E-state index is 0.0617. The largest absolute Gasteiger partial charge is 0.486 e. The summed E-state index contributed by atoms with van der Waals surface area (Å²) in [6.07, 6.45) is 3.55. The number of ether oxygens (including phenoxy) is 2. The Balaban J connectivity index is 1.28. The lowest BCUT2D eigenvalue weighted by atomic mass is 10.0. The fraction of sp³-hybridized carbons (Fsp3) is 0.409. The van der Waals surface area contributed by atoms with Crippen LogP contribution in [0.1, 0.15) is 31.4 Å². The molecule has 3 aromatic rings. The number of fused-ring (bicyclic) bond motifs is 1. The van der Waals surface area contributed by atoms with E-state index in [0.29, 0.717) is 37.1 Å². The van der Waals surface area contributed by atoms with E-state index in [1.165, 1.54) is 11.8 Å². The molecule has 1 aromatic carbocycles. The Hall–Kier alpha value is -2.94. The molecule has 4 heterocycles.